The quantitative estimate of drug-likeness (QED) is 0.359. The van der Waals surface area contributed by atoms with Crippen LogP contribution in [0.3, 0.4) is 0 Å². The average Bonchev–Trinajstić information content (AvgIpc) is 2.95. The second-order valence-corrected chi connectivity index (χ2v) is 12.5. The van der Waals surface area contributed by atoms with Gasteiger partial charge in [-0.1, -0.05) is 54.6 Å². The summed E-state index contributed by atoms with van der Waals surface area (Å²) in [5.74, 6) is -0.679. The van der Waals surface area contributed by atoms with Crippen LogP contribution in [0.15, 0.2) is 83.8 Å². The predicted octanol–water partition coefficient (Wildman–Crippen LogP) is 4.87. The number of carbonyl (C=O) groups is 2. The molecule has 3 aromatic carbocycles. The molecule has 3 aromatic rings. The first-order chi connectivity index (χ1) is 19.2. The number of hydrogen-bond acceptors (Lipinski definition) is 5. The summed E-state index contributed by atoms with van der Waals surface area (Å²) in [6.45, 7) is 5.40. The van der Waals surface area contributed by atoms with Crippen LogP contribution in [-0.4, -0.2) is 73.7 Å². The minimum atomic E-state index is -3.26. The van der Waals surface area contributed by atoms with E-state index >= 15 is 0 Å². The zero-order chi connectivity index (χ0) is 28.7. The lowest BCUT2D eigenvalue weighted by Gasteiger charge is -2.38. The minimum Gasteiger partial charge on any atom is -0.478 e. The highest BCUT2D eigenvalue weighted by Gasteiger charge is 2.27. The Morgan fingerprint density at radius 2 is 1.52 bits per heavy atom. The average molecular weight is 563 g/mol. The van der Waals surface area contributed by atoms with Gasteiger partial charge >= 0.3 is 5.97 Å². The van der Waals surface area contributed by atoms with Gasteiger partial charge in [0.05, 0.1) is 16.9 Å². The summed E-state index contributed by atoms with van der Waals surface area (Å²) in [6.07, 6.45) is 4.18. The van der Waals surface area contributed by atoms with Crippen molar-refractivity contribution in [3.63, 3.8) is 0 Å². The SMILES string of the molecule is CCN(C(=O)Cc1ccc(S(C)(=O)=O)cc1)C1CCN(CCC(c2ccccc2)c2ccc(C(=O)O)cc2)CC1. The van der Waals surface area contributed by atoms with E-state index in [9.17, 15) is 23.1 Å². The molecule has 0 radical (unpaired) electrons. The van der Waals surface area contributed by atoms with Gasteiger partial charge in [0.2, 0.25) is 5.91 Å². The number of benzene rings is 3. The Morgan fingerprint density at radius 3 is 2.08 bits per heavy atom. The molecule has 1 N–H and O–H groups in total. The molecule has 7 nitrogen and oxygen atoms in total. The second kappa shape index (κ2) is 13.2. The largest absolute Gasteiger partial charge is 0.478 e. The van der Waals surface area contributed by atoms with Crippen molar-refractivity contribution in [1.29, 1.82) is 0 Å². The van der Waals surface area contributed by atoms with E-state index in [1.165, 1.54) is 11.8 Å². The van der Waals surface area contributed by atoms with Crippen LogP contribution in [0.25, 0.3) is 0 Å². The third-order valence-corrected chi connectivity index (χ3v) is 8.99. The summed E-state index contributed by atoms with van der Waals surface area (Å²) in [4.78, 5) is 29.2. The number of piperidine rings is 1. The van der Waals surface area contributed by atoms with Gasteiger partial charge in [0, 0.05) is 37.8 Å². The number of hydrogen-bond donors (Lipinski definition) is 1. The van der Waals surface area contributed by atoms with E-state index in [0.717, 1.165) is 50.0 Å². The van der Waals surface area contributed by atoms with Crippen LogP contribution in [0.5, 0.6) is 0 Å². The number of likely N-dealkylation sites (N-methyl/N-ethyl adjacent to an activating group) is 1. The molecule has 4 rings (SSSR count). The van der Waals surface area contributed by atoms with Gasteiger partial charge in [0.1, 0.15) is 0 Å². The molecule has 1 atom stereocenters. The molecule has 0 saturated carbocycles. The van der Waals surface area contributed by atoms with Crippen LogP contribution in [-0.2, 0) is 21.1 Å². The molecule has 1 aliphatic heterocycles. The van der Waals surface area contributed by atoms with Crippen LogP contribution >= 0.6 is 0 Å². The molecular formula is C32H38N2O5S. The number of likely N-dealkylation sites (tertiary alicyclic amines) is 1. The molecule has 1 saturated heterocycles. The highest BCUT2D eigenvalue weighted by atomic mass is 32.2. The highest BCUT2D eigenvalue weighted by molar-refractivity contribution is 7.90. The highest BCUT2D eigenvalue weighted by Crippen LogP contribution is 2.29. The fourth-order valence-corrected chi connectivity index (χ4v) is 6.23. The molecular weight excluding hydrogens is 524 g/mol. The van der Waals surface area contributed by atoms with Gasteiger partial charge in [-0.3, -0.25) is 4.79 Å². The maximum atomic E-state index is 13.2. The van der Waals surface area contributed by atoms with E-state index in [2.05, 4.69) is 17.0 Å². The lowest BCUT2D eigenvalue weighted by atomic mass is 9.87. The summed E-state index contributed by atoms with van der Waals surface area (Å²) in [6, 6.07) is 24.3. The Morgan fingerprint density at radius 1 is 0.925 bits per heavy atom. The van der Waals surface area contributed by atoms with Gasteiger partial charge < -0.3 is 14.9 Å². The molecule has 0 bridgehead atoms. The fourth-order valence-electron chi connectivity index (χ4n) is 5.60. The van der Waals surface area contributed by atoms with Crippen LogP contribution < -0.4 is 0 Å². The van der Waals surface area contributed by atoms with E-state index < -0.39 is 15.8 Å². The van der Waals surface area contributed by atoms with Crippen molar-refractivity contribution in [3.8, 4) is 0 Å². The Kier molecular flexibility index (Phi) is 9.76. The Labute approximate surface area is 237 Å². The maximum Gasteiger partial charge on any atom is 0.335 e. The normalized spacial score (nSPS) is 15.4. The van der Waals surface area contributed by atoms with E-state index in [1.807, 2.05) is 42.2 Å². The van der Waals surface area contributed by atoms with Crippen molar-refractivity contribution >= 4 is 21.7 Å². The standard InChI is InChI=1S/C32H38N2O5S/c1-3-34(31(35)23-24-9-15-29(16-10-24)40(2,38)39)28-17-20-33(21-18-28)22-19-30(25-7-5-4-6-8-25)26-11-13-27(14-12-26)32(36)37/h4-16,28,30H,3,17-23H2,1-2H3,(H,36,37). The predicted molar refractivity (Wildman–Crippen MR) is 156 cm³/mol. The molecule has 40 heavy (non-hydrogen) atoms. The number of carboxylic acid groups (broad SMARTS) is 1. The number of amides is 1. The Balaban J connectivity index is 1.34. The molecule has 1 unspecified atom stereocenters. The molecule has 1 amide bonds. The van der Waals surface area contributed by atoms with E-state index in [-0.39, 0.29) is 29.2 Å². The number of carbonyl (C=O) groups excluding carboxylic acids is 1. The molecule has 1 heterocycles. The van der Waals surface area contributed by atoms with Crippen molar-refractivity contribution in [2.45, 2.75) is 49.5 Å². The van der Waals surface area contributed by atoms with Crippen molar-refractivity contribution in [2.75, 3.05) is 32.4 Å². The Bertz CT molecular complexity index is 1380. The monoisotopic (exact) mass is 562 g/mol. The van der Waals surface area contributed by atoms with Crippen molar-refractivity contribution in [3.05, 3.63) is 101 Å². The number of rotatable bonds is 11. The zero-order valence-electron chi connectivity index (χ0n) is 23.2. The van der Waals surface area contributed by atoms with Gasteiger partial charge in [-0.05, 0) is 73.7 Å². The summed E-state index contributed by atoms with van der Waals surface area (Å²) < 4.78 is 23.4. The van der Waals surface area contributed by atoms with Crippen molar-refractivity contribution in [1.82, 2.24) is 9.80 Å². The topological polar surface area (TPSA) is 95.0 Å². The van der Waals surface area contributed by atoms with E-state index in [0.29, 0.717) is 12.1 Å². The Hall–Kier alpha value is -3.49. The van der Waals surface area contributed by atoms with Gasteiger partial charge in [-0.15, -0.1) is 0 Å². The minimum absolute atomic E-state index is 0.0713. The second-order valence-electron chi connectivity index (χ2n) is 10.5. The molecule has 0 aromatic heterocycles. The smallest absolute Gasteiger partial charge is 0.335 e. The van der Waals surface area contributed by atoms with Gasteiger partial charge in [-0.25, -0.2) is 13.2 Å². The third-order valence-electron chi connectivity index (χ3n) is 7.86. The molecule has 212 valence electrons. The van der Waals surface area contributed by atoms with Gasteiger partial charge in [-0.2, -0.15) is 0 Å². The zero-order valence-corrected chi connectivity index (χ0v) is 24.0. The molecule has 8 heteroatoms. The van der Waals surface area contributed by atoms with Crippen LogP contribution in [0.4, 0.5) is 0 Å². The number of nitrogens with zero attached hydrogens (tertiary/aromatic N) is 2. The number of sulfone groups is 1. The summed E-state index contributed by atoms with van der Waals surface area (Å²) in [5, 5.41) is 9.28. The lowest BCUT2D eigenvalue weighted by molar-refractivity contribution is -0.133. The first-order valence-electron chi connectivity index (χ1n) is 13.8. The van der Waals surface area contributed by atoms with Gasteiger partial charge in [0.15, 0.2) is 9.84 Å². The van der Waals surface area contributed by atoms with Crippen LogP contribution in [0.1, 0.15) is 59.2 Å². The van der Waals surface area contributed by atoms with Crippen LogP contribution in [0.2, 0.25) is 0 Å². The first kappa shape index (κ1) is 29.5. The summed E-state index contributed by atoms with van der Waals surface area (Å²) in [7, 11) is -3.26. The number of carboxylic acids is 1. The van der Waals surface area contributed by atoms with Gasteiger partial charge in [0.25, 0.3) is 0 Å². The van der Waals surface area contributed by atoms with E-state index in [1.54, 1.807) is 36.4 Å². The molecule has 1 aliphatic rings. The summed E-state index contributed by atoms with van der Waals surface area (Å²) in [5.41, 5.74) is 3.43. The summed E-state index contributed by atoms with van der Waals surface area (Å²) >= 11 is 0. The van der Waals surface area contributed by atoms with Crippen molar-refractivity contribution < 1.29 is 23.1 Å². The number of aromatic carboxylic acids is 1. The molecule has 0 spiro atoms. The fraction of sp³-hybridized carbons (Fsp3) is 0.375. The molecule has 1 fully saturated rings. The first-order valence-corrected chi connectivity index (χ1v) is 15.7. The maximum absolute atomic E-state index is 13.2. The van der Waals surface area contributed by atoms with E-state index in [4.69, 9.17) is 0 Å². The lowest BCUT2D eigenvalue weighted by Crippen LogP contribution is -2.48. The third kappa shape index (κ3) is 7.58. The van der Waals surface area contributed by atoms with Crippen LogP contribution in [0, 0.1) is 0 Å². The molecule has 0 aliphatic carbocycles. The van der Waals surface area contributed by atoms with Crippen molar-refractivity contribution in [2.24, 2.45) is 0 Å².